The molecule has 1 aromatic carbocycles. The molecule has 0 amide bonds. The predicted molar refractivity (Wildman–Crippen MR) is 69.8 cm³/mol. The van der Waals surface area contributed by atoms with Gasteiger partial charge in [-0.25, -0.2) is 13.8 Å². The Bertz CT molecular complexity index is 594. The Morgan fingerprint density at radius 1 is 1.26 bits per heavy atom. The fourth-order valence-corrected chi connectivity index (χ4v) is 3.06. The van der Waals surface area contributed by atoms with Gasteiger partial charge < -0.3 is 10.7 Å². The molecule has 102 valence electrons. The Hall–Kier alpha value is -1.49. The molecule has 1 aliphatic carbocycles. The molecule has 2 unspecified atom stereocenters. The SMILES string of the molecule is NCC1CCCCC1c1nc2c(F)c(F)ccc2[nH]1. The van der Waals surface area contributed by atoms with E-state index in [1.54, 1.807) is 0 Å². The molecule has 3 N–H and O–H groups in total. The Balaban J connectivity index is 2.03. The van der Waals surface area contributed by atoms with Gasteiger partial charge in [0.1, 0.15) is 11.3 Å². The molecular formula is C14H17F2N3. The number of aromatic amines is 1. The van der Waals surface area contributed by atoms with E-state index in [1.807, 2.05) is 0 Å². The lowest BCUT2D eigenvalue weighted by Gasteiger charge is -2.28. The average Bonchev–Trinajstić information content (AvgIpc) is 2.87. The summed E-state index contributed by atoms with van der Waals surface area (Å²) in [4.78, 5) is 7.39. The lowest BCUT2D eigenvalue weighted by molar-refractivity contribution is 0.306. The van der Waals surface area contributed by atoms with Crippen LogP contribution in [0.2, 0.25) is 0 Å². The Morgan fingerprint density at radius 3 is 2.84 bits per heavy atom. The molecule has 2 aromatic rings. The highest BCUT2D eigenvalue weighted by molar-refractivity contribution is 5.75. The standard InChI is InChI=1S/C14H17F2N3/c15-10-5-6-11-13(12(10)16)19-14(18-11)9-4-2-1-3-8(9)7-17/h5-6,8-9H,1-4,7,17H2,(H,18,19). The van der Waals surface area contributed by atoms with Crippen molar-refractivity contribution >= 4 is 11.0 Å². The Morgan fingerprint density at radius 2 is 2.05 bits per heavy atom. The van der Waals surface area contributed by atoms with Crippen molar-refractivity contribution in [1.82, 2.24) is 9.97 Å². The lowest BCUT2D eigenvalue weighted by Crippen LogP contribution is -2.25. The number of nitrogens with two attached hydrogens (primary N) is 1. The third-order valence-corrected chi connectivity index (χ3v) is 4.13. The quantitative estimate of drug-likeness (QED) is 0.876. The first-order chi connectivity index (χ1) is 9.20. The van der Waals surface area contributed by atoms with Crippen LogP contribution in [-0.2, 0) is 0 Å². The topological polar surface area (TPSA) is 54.7 Å². The first kappa shape index (κ1) is 12.5. The Kier molecular flexibility index (Phi) is 3.22. The second-order valence-corrected chi connectivity index (χ2v) is 5.27. The minimum Gasteiger partial charge on any atom is -0.342 e. The van der Waals surface area contributed by atoms with Gasteiger partial charge in [-0.2, -0.15) is 0 Å². The van der Waals surface area contributed by atoms with E-state index in [0.29, 0.717) is 18.0 Å². The number of benzene rings is 1. The summed E-state index contributed by atoms with van der Waals surface area (Å²) in [6.45, 7) is 0.610. The van der Waals surface area contributed by atoms with Crippen LogP contribution >= 0.6 is 0 Å². The zero-order chi connectivity index (χ0) is 13.4. The average molecular weight is 265 g/mol. The predicted octanol–water partition coefficient (Wildman–Crippen LogP) is 3.07. The smallest absolute Gasteiger partial charge is 0.186 e. The summed E-state index contributed by atoms with van der Waals surface area (Å²) in [5, 5.41) is 0. The second-order valence-electron chi connectivity index (χ2n) is 5.27. The van der Waals surface area contributed by atoms with Crippen LogP contribution in [0.5, 0.6) is 0 Å². The van der Waals surface area contributed by atoms with Gasteiger partial charge >= 0.3 is 0 Å². The highest BCUT2D eigenvalue weighted by atomic mass is 19.2. The summed E-state index contributed by atoms with van der Waals surface area (Å²) in [5.74, 6) is -0.379. The molecule has 3 nitrogen and oxygen atoms in total. The molecule has 5 heteroatoms. The van der Waals surface area contributed by atoms with Crippen LogP contribution in [0, 0.1) is 17.6 Å². The molecule has 0 radical (unpaired) electrons. The summed E-state index contributed by atoms with van der Waals surface area (Å²) in [5.41, 5.74) is 6.45. The number of nitrogens with one attached hydrogen (secondary N) is 1. The number of imidazole rings is 1. The van der Waals surface area contributed by atoms with E-state index in [2.05, 4.69) is 9.97 Å². The van der Waals surface area contributed by atoms with Crippen LogP contribution in [0.4, 0.5) is 8.78 Å². The van der Waals surface area contributed by atoms with Crippen molar-refractivity contribution in [1.29, 1.82) is 0 Å². The third kappa shape index (κ3) is 2.12. The van der Waals surface area contributed by atoms with E-state index in [4.69, 9.17) is 5.73 Å². The van der Waals surface area contributed by atoms with Crippen molar-refractivity contribution in [3.8, 4) is 0 Å². The molecule has 19 heavy (non-hydrogen) atoms. The summed E-state index contributed by atoms with van der Waals surface area (Å²) in [6.07, 6.45) is 4.40. The van der Waals surface area contributed by atoms with E-state index < -0.39 is 11.6 Å². The van der Waals surface area contributed by atoms with E-state index >= 15 is 0 Å². The number of H-pyrrole nitrogens is 1. The maximum Gasteiger partial charge on any atom is 0.186 e. The number of hydrogen-bond acceptors (Lipinski definition) is 2. The van der Waals surface area contributed by atoms with Crippen molar-refractivity contribution in [3.05, 3.63) is 29.6 Å². The maximum atomic E-state index is 13.7. The maximum absolute atomic E-state index is 13.7. The summed E-state index contributed by atoms with van der Waals surface area (Å²) in [7, 11) is 0. The molecule has 1 fully saturated rings. The zero-order valence-electron chi connectivity index (χ0n) is 10.6. The molecule has 0 aliphatic heterocycles. The third-order valence-electron chi connectivity index (χ3n) is 4.13. The van der Waals surface area contributed by atoms with Gasteiger partial charge in [0.2, 0.25) is 0 Å². The van der Waals surface area contributed by atoms with Gasteiger partial charge in [-0.1, -0.05) is 12.8 Å². The largest absolute Gasteiger partial charge is 0.342 e. The highest BCUT2D eigenvalue weighted by Crippen LogP contribution is 2.36. The van der Waals surface area contributed by atoms with Crippen molar-refractivity contribution in [2.75, 3.05) is 6.54 Å². The Labute approximate surface area is 110 Å². The number of fused-ring (bicyclic) bond motifs is 1. The number of nitrogens with zero attached hydrogens (tertiary/aromatic N) is 1. The number of hydrogen-bond donors (Lipinski definition) is 2. The van der Waals surface area contributed by atoms with Crippen LogP contribution in [-0.4, -0.2) is 16.5 Å². The molecule has 0 bridgehead atoms. The monoisotopic (exact) mass is 265 g/mol. The fraction of sp³-hybridized carbons (Fsp3) is 0.500. The first-order valence-corrected chi connectivity index (χ1v) is 6.74. The molecule has 1 saturated carbocycles. The molecule has 0 spiro atoms. The van der Waals surface area contributed by atoms with Gasteiger partial charge in [0.15, 0.2) is 11.6 Å². The minimum atomic E-state index is -0.875. The molecule has 1 aliphatic rings. The molecule has 0 saturated heterocycles. The van der Waals surface area contributed by atoms with Gasteiger partial charge in [-0.3, -0.25) is 0 Å². The van der Waals surface area contributed by atoms with Crippen molar-refractivity contribution in [3.63, 3.8) is 0 Å². The molecule has 1 heterocycles. The van der Waals surface area contributed by atoms with E-state index in [9.17, 15) is 8.78 Å². The number of aromatic nitrogens is 2. The summed E-state index contributed by atoms with van der Waals surface area (Å²) in [6, 6.07) is 2.66. The lowest BCUT2D eigenvalue weighted by atomic mass is 9.79. The molecule has 2 atom stereocenters. The van der Waals surface area contributed by atoms with E-state index in [0.717, 1.165) is 31.2 Å². The van der Waals surface area contributed by atoms with E-state index in [1.165, 1.54) is 12.5 Å². The van der Waals surface area contributed by atoms with E-state index in [-0.39, 0.29) is 11.4 Å². The van der Waals surface area contributed by atoms with Crippen molar-refractivity contribution in [2.24, 2.45) is 11.7 Å². The second kappa shape index (κ2) is 4.89. The van der Waals surface area contributed by atoms with Gasteiger partial charge in [0.05, 0.1) is 5.52 Å². The zero-order valence-corrected chi connectivity index (χ0v) is 10.6. The summed E-state index contributed by atoms with van der Waals surface area (Å²) >= 11 is 0. The number of halogens is 2. The van der Waals surface area contributed by atoms with Gasteiger partial charge in [0, 0.05) is 5.92 Å². The number of rotatable bonds is 2. The molecular weight excluding hydrogens is 248 g/mol. The van der Waals surface area contributed by atoms with Crippen molar-refractivity contribution < 1.29 is 8.78 Å². The first-order valence-electron chi connectivity index (χ1n) is 6.74. The van der Waals surface area contributed by atoms with Gasteiger partial charge in [-0.15, -0.1) is 0 Å². The van der Waals surface area contributed by atoms with Crippen LogP contribution in [0.3, 0.4) is 0 Å². The normalized spacial score (nSPS) is 23.9. The van der Waals surface area contributed by atoms with Crippen LogP contribution in [0.1, 0.15) is 37.4 Å². The highest BCUT2D eigenvalue weighted by Gasteiger charge is 2.28. The molecule has 3 rings (SSSR count). The van der Waals surface area contributed by atoms with Crippen LogP contribution in [0.25, 0.3) is 11.0 Å². The van der Waals surface area contributed by atoms with Crippen LogP contribution < -0.4 is 5.73 Å². The minimum absolute atomic E-state index is 0.0938. The molecule has 1 aromatic heterocycles. The van der Waals surface area contributed by atoms with Gasteiger partial charge in [-0.05, 0) is 37.4 Å². The summed E-state index contributed by atoms with van der Waals surface area (Å²) < 4.78 is 26.9. The van der Waals surface area contributed by atoms with Gasteiger partial charge in [0.25, 0.3) is 0 Å². The van der Waals surface area contributed by atoms with Crippen molar-refractivity contribution in [2.45, 2.75) is 31.6 Å². The van der Waals surface area contributed by atoms with Crippen LogP contribution in [0.15, 0.2) is 12.1 Å². The fourth-order valence-electron chi connectivity index (χ4n) is 3.06.